The molecule has 1 saturated carbocycles. The smallest absolute Gasteiger partial charge is 0.244 e. The van der Waals surface area contributed by atoms with E-state index in [1.165, 1.54) is 4.90 Å². The molecule has 1 atom stereocenters. The minimum absolute atomic E-state index is 0.111. The van der Waals surface area contributed by atoms with E-state index in [0.29, 0.717) is 17.9 Å². The maximum Gasteiger partial charge on any atom is 0.244 e. The van der Waals surface area contributed by atoms with Crippen molar-refractivity contribution in [3.63, 3.8) is 0 Å². The third-order valence-corrected chi connectivity index (χ3v) is 7.76. The molecule has 1 fully saturated rings. The molecule has 0 spiro atoms. The van der Waals surface area contributed by atoms with E-state index in [9.17, 15) is 18.0 Å². The van der Waals surface area contributed by atoms with Crippen molar-refractivity contribution in [1.82, 2.24) is 10.2 Å². The molecule has 0 bridgehead atoms. The number of carbonyl (C=O) groups is 2. The lowest BCUT2D eigenvalue weighted by atomic mass is 10.1. The fraction of sp³-hybridized carbons (Fsp3) is 0.481. The van der Waals surface area contributed by atoms with E-state index in [1.54, 1.807) is 32.2 Å². The van der Waals surface area contributed by atoms with Gasteiger partial charge in [-0.25, -0.2) is 8.42 Å². The molecule has 1 aliphatic rings. The summed E-state index contributed by atoms with van der Waals surface area (Å²) in [5.41, 5.74) is 1.97. The van der Waals surface area contributed by atoms with Gasteiger partial charge >= 0.3 is 0 Å². The lowest BCUT2D eigenvalue weighted by Crippen LogP contribution is -2.53. The number of para-hydroxylation sites is 1. The van der Waals surface area contributed by atoms with Crippen molar-refractivity contribution in [2.24, 2.45) is 0 Å². The molecule has 36 heavy (non-hydrogen) atoms. The highest BCUT2D eigenvalue weighted by molar-refractivity contribution is 7.92. The summed E-state index contributed by atoms with van der Waals surface area (Å²) in [6.07, 6.45) is 5.50. The summed E-state index contributed by atoms with van der Waals surface area (Å²) in [4.78, 5) is 28.6. The van der Waals surface area contributed by atoms with Crippen molar-refractivity contribution in [1.29, 1.82) is 0 Å². The van der Waals surface area contributed by atoms with Crippen molar-refractivity contribution in [2.75, 3.05) is 24.2 Å². The number of rotatable bonds is 11. The minimum atomic E-state index is -3.76. The molecule has 8 nitrogen and oxygen atoms in total. The monoisotopic (exact) mass is 515 g/mol. The van der Waals surface area contributed by atoms with E-state index in [-0.39, 0.29) is 18.5 Å². The van der Waals surface area contributed by atoms with Gasteiger partial charge in [-0.05, 0) is 55.5 Å². The molecule has 2 amide bonds. The fourth-order valence-corrected chi connectivity index (χ4v) is 5.60. The third kappa shape index (κ3) is 7.00. The standard InChI is InChI=1S/C27H37N3O5S/c1-5-24(27(32)28-22-13-7-8-14-22)29(18-21-12-10-15-23(17-21)35-3)26(31)19-30(36(4,33)34)25-16-9-6-11-20(25)2/h6,9-12,15-17,22,24H,5,7-8,13-14,18-19H2,1-4H3,(H,28,32)/t24-/m1/s1. The van der Waals surface area contributed by atoms with E-state index in [0.717, 1.165) is 47.4 Å². The Morgan fingerprint density at radius 3 is 2.42 bits per heavy atom. The summed E-state index contributed by atoms with van der Waals surface area (Å²) in [7, 11) is -2.19. The van der Waals surface area contributed by atoms with Gasteiger partial charge < -0.3 is 15.0 Å². The maximum atomic E-state index is 13.8. The number of benzene rings is 2. The fourth-order valence-electron chi connectivity index (χ4n) is 4.69. The van der Waals surface area contributed by atoms with Gasteiger partial charge in [0.1, 0.15) is 18.3 Å². The van der Waals surface area contributed by atoms with Crippen molar-refractivity contribution < 1.29 is 22.7 Å². The molecule has 9 heteroatoms. The zero-order chi connectivity index (χ0) is 26.3. The predicted octanol–water partition coefficient (Wildman–Crippen LogP) is 3.64. The number of sulfonamides is 1. The van der Waals surface area contributed by atoms with Crippen LogP contribution in [0.5, 0.6) is 5.75 Å². The number of nitrogens with zero attached hydrogens (tertiary/aromatic N) is 2. The van der Waals surface area contributed by atoms with Crippen LogP contribution in [-0.4, -0.2) is 57.1 Å². The molecule has 0 saturated heterocycles. The number of hydrogen-bond donors (Lipinski definition) is 1. The van der Waals surface area contributed by atoms with Crippen molar-refractivity contribution >= 4 is 27.5 Å². The molecule has 1 aliphatic carbocycles. The molecule has 0 aromatic heterocycles. The molecule has 2 aromatic rings. The Hall–Kier alpha value is -3.07. The van der Waals surface area contributed by atoms with E-state index in [2.05, 4.69) is 5.32 Å². The topological polar surface area (TPSA) is 96.0 Å². The molecule has 0 unspecified atom stereocenters. The van der Waals surface area contributed by atoms with Gasteiger partial charge in [-0.15, -0.1) is 0 Å². The SMILES string of the molecule is CC[C@H](C(=O)NC1CCCC1)N(Cc1cccc(OC)c1)C(=O)CN(c1ccccc1C)S(C)(=O)=O. The van der Waals surface area contributed by atoms with Crippen LogP contribution in [0.15, 0.2) is 48.5 Å². The van der Waals surface area contributed by atoms with Gasteiger partial charge in [0.2, 0.25) is 21.8 Å². The molecule has 0 heterocycles. The Kier molecular flexibility index (Phi) is 9.37. The van der Waals surface area contributed by atoms with E-state index < -0.39 is 28.5 Å². The predicted molar refractivity (Wildman–Crippen MR) is 141 cm³/mol. The molecule has 196 valence electrons. The summed E-state index contributed by atoms with van der Waals surface area (Å²) in [6, 6.07) is 13.7. The van der Waals surface area contributed by atoms with Crippen LogP contribution in [0.2, 0.25) is 0 Å². The van der Waals surface area contributed by atoms with Gasteiger partial charge in [0, 0.05) is 12.6 Å². The second-order valence-electron chi connectivity index (χ2n) is 9.34. The van der Waals surface area contributed by atoms with Crippen LogP contribution in [0, 0.1) is 6.92 Å². The lowest BCUT2D eigenvalue weighted by molar-refractivity contribution is -0.140. The Morgan fingerprint density at radius 1 is 1.11 bits per heavy atom. The van der Waals surface area contributed by atoms with Crippen LogP contribution in [-0.2, 0) is 26.2 Å². The van der Waals surface area contributed by atoms with Gasteiger partial charge in [-0.2, -0.15) is 0 Å². The van der Waals surface area contributed by atoms with Crippen molar-refractivity contribution in [3.05, 3.63) is 59.7 Å². The van der Waals surface area contributed by atoms with Gasteiger partial charge in [0.05, 0.1) is 19.1 Å². The second kappa shape index (κ2) is 12.3. The Labute approximate surface area is 214 Å². The quantitative estimate of drug-likeness (QED) is 0.493. The normalized spacial score (nSPS) is 14.8. The summed E-state index contributed by atoms with van der Waals surface area (Å²) >= 11 is 0. The van der Waals surface area contributed by atoms with Gasteiger partial charge in [-0.1, -0.05) is 50.1 Å². The average Bonchev–Trinajstić information content (AvgIpc) is 3.35. The number of hydrogen-bond acceptors (Lipinski definition) is 5. The van der Waals surface area contributed by atoms with Crippen LogP contribution in [0.1, 0.15) is 50.2 Å². The zero-order valence-corrected chi connectivity index (χ0v) is 22.4. The van der Waals surface area contributed by atoms with Gasteiger partial charge in [-0.3, -0.25) is 13.9 Å². The molecule has 0 radical (unpaired) electrons. The van der Waals surface area contributed by atoms with E-state index >= 15 is 0 Å². The summed E-state index contributed by atoms with van der Waals surface area (Å²) in [5, 5.41) is 3.11. The van der Waals surface area contributed by atoms with Crippen LogP contribution < -0.4 is 14.4 Å². The van der Waals surface area contributed by atoms with Gasteiger partial charge in [0.25, 0.3) is 0 Å². The number of amides is 2. The molecule has 2 aromatic carbocycles. The summed E-state index contributed by atoms with van der Waals surface area (Å²) in [5.74, 6) is -0.0107. The number of nitrogens with one attached hydrogen (secondary N) is 1. The number of methoxy groups -OCH3 is 1. The highest BCUT2D eigenvalue weighted by Crippen LogP contribution is 2.24. The summed E-state index contributed by atoms with van der Waals surface area (Å²) in [6.45, 7) is 3.41. The average molecular weight is 516 g/mol. The molecule has 0 aliphatic heterocycles. The first kappa shape index (κ1) is 27.5. The molecule has 3 rings (SSSR count). The van der Waals surface area contributed by atoms with Crippen molar-refractivity contribution in [2.45, 2.75) is 64.6 Å². The number of ether oxygens (including phenoxy) is 1. The third-order valence-electron chi connectivity index (χ3n) is 6.64. The number of carbonyl (C=O) groups excluding carboxylic acids is 2. The lowest BCUT2D eigenvalue weighted by Gasteiger charge is -2.33. The number of anilines is 1. The van der Waals surface area contributed by atoms with Crippen molar-refractivity contribution in [3.8, 4) is 5.75 Å². The maximum absolute atomic E-state index is 13.8. The van der Waals surface area contributed by atoms with Crippen LogP contribution in [0.25, 0.3) is 0 Å². The number of aryl methyl sites for hydroxylation is 1. The summed E-state index contributed by atoms with van der Waals surface area (Å²) < 4.78 is 31.9. The highest BCUT2D eigenvalue weighted by Gasteiger charge is 2.33. The zero-order valence-electron chi connectivity index (χ0n) is 21.6. The first-order valence-electron chi connectivity index (χ1n) is 12.4. The molecular formula is C27H37N3O5S. The Morgan fingerprint density at radius 2 is 1.81 bits per heavy atom. The van der Waals surface area contributed by atoms with Crippen LogP contribution in [0.4, 0.5) is 5.69 Å². The van der Waals surface area contributed by atoms with Crippen LogP contribution >= 0.6 is 0 Å². The Bertz CT molecular complexity index is 1160. The minimum Gasteiger partial charge on any atom is -0.497 e. The molecule has 1 N–H and O–H groups in total. The van der Waals surface area contributed by atoms with E-state index in [4.69, 9.17) is 4.74 Å². The largest absolute Gasteiger partial charge is 0.497 e. The highest BCUT2D eigenvalue weighted by atomic mass is 32.2. The molecular weight excluding hydrogens is 478 g/mol. The van der Waals surface area contributed by atoms with Crippen LogP contribution in [0.3, 0.4) is 0 Å². The first-order valence-corrected chi connectivity index (χ1v) is 14.2. The first-order chi connectivity index (χ1) is 17.1. The van der Waals surface area contributed by atoms with Gasteiger partial charge in [0.15, 0.2) is 0 Å². The Balaban J connectivity index is 1.94. The second-order valence-corrected chi connectivity index (χ2v) is 11.3. The van der Waals surface area contributed by atoms with E-state index in [1.807, 2.05) is 37.3 Å².